The number of methoxy groups -OCH3 is 2. The molecule has 0 saturated heterocycles. The van der Waals surface area contributed by atoms with Crippen LogP contribution in [0.15, 0.2) is 32.7 Å². The van der Waals surface area contributed by atoms with Crippen LogP contribution in [0.3, 0.4) is 0 Å². The fraction of sp³-hybridized carbons (Fsp3) is 0.167. The second-order valence-corrected chi connectivity index (χ2v) is 5.10. The molecule has 0 saturated carbocycles. The van der Waals surface area contributed by atoms with Crippen LogP contribution in [0.5, 0.6) is 11.5 Å². The highest BCUT2D eigenvalue weighted by Gasteiger charge is 2.10. The summed E-state index contributed by atoms with van der Waals surface area (Å²) in [4.78, 5) is 11.6. The Kier molecular flexibility index (Phi) is 4.86. The Bertz CT molecular complexity index is 772. The lowest BCUT2D eigenvalue weighted by atomic mass is 10.2. The summed E-state index contributed by atoms with van der Waals surface area (Å²) >= 11 is 8.33. The van der Waals surface area contributed by atoms with E-state index in [9.17, 15) is 4.79 Å². The molecule has 0 spiro atoms. The lowest BCUT2D eigenvalue weighted by Crippen LogP contribution is -2.18. The zero-order valence-corrected chi connectivity index (χ0v) is 13.6. The van der Waals surface area contributed by atoms with Gasteiger partial charge in [-0.15, -0.1) is 0 Å². The van der Waals surface area contributed by atoms with Gasteiger partial charge in [0, 0.05) is 10.0 Å². The number of ether oxygens (including phenoxy) is 2. The van der Waals surface area contributed by atoms with E-state index in [1.807, 2.05) is 0 Å². The first-order chi connectivity index (χ1) is 10.1. The molecular weight excluding hydrogens is 360 g/mol. The van der Waals surface area contributed by atoms with Crippen molar-refractivity contribution in [2.45, 2.75) is 0 Å². The van der Waals surface area contributed by atoms with Crippen LogP contribution in [0.2, 0.25) is 0 Å². The minimum Gasteiger partial charge on any atom is -0.493 e. The number of rotatable bonds is 4. The molecule has 0 bridgehead atoms. The number of halogens is 1. The molecule has 1 heterocycles. The fourth-order valence-corrected chi connectivity index (χ4v) is 2.27. The van der Waals surface area contributed by atoms with Crippen molar-refractivity contribution in [2.24, 2.45) is 5.10 Å². The number of hydrogen-bond donors (Lipinski definition) is 1. The number of aromatic nitrogens is 3. The maximum atomic E-state index is 11.6. The summed E-state index contributed by atoms with van der Waals surface area (Å²) in [6.45, 7) is 0. The Morgan fingerprint density at radius 1 is 1.43 bits per heavy atom. The molecule has 110 valence electrons. The molecule has 21 heavy (non-hydrogen) atoms. The minimum atomic E-state index is -0.434. The van der Waals surface area contributed by atoms with E-state index in [0.29, 0.717) is 17.1 Å². The fourth-order valence-electron chi connectivity index (χ4n) is 1.63. The lowest BCUT2D eigenvalue weighted by molar-refractivity contribution is 0.354. The summed E-state index contributed by atoms with van der Waals surface area (Å²) in [7, 11) is 3.06. The van der Waals surface area contributed by atoms with Crippen LogP contribution in [0.25, 0.3) is 0 Å². The van der Waals surface area contributed by atoms with E-state index in [0.717, 1.165) is 15.3 Å². The molecule has 1 N–H and O–H groups in total. The van der Waals surface area contributed by atoms with Crippen LogP contribution in [0, 0.1) is 4.77 Å². The molecule has 0 radical (unpaired) electrons. The van der Waals surface area contributed by atoms with Crippen molar-refractivity contribution in [3.05, 3.63) is 43.5 Å². The van der Waals surface area contributed by atoms with Gasteiger partial charge in [0.05, 0.1) is 20.4 Å². The Morgan fingerprint density at radius 3 is 2.81 bits per heavy atom. The first-order valence-electron chi connectivity index (χ1n) is 5.69. The Morgan fingerprint density at radius 2 is 2.19 bits per heavy atom. The summed E-state index contributed by atoms with van der Waals surface area (Å²) in [5.41, 5.74) is 0.192. The Labute approximate surface area is 133 Å². The van der Waals surface area contributed by atoms with Crippen molar-refractivity contribution in [3.8, 4) is 11.5 Å². The maximum absolute atomic E-state index is 11.6. The molecule has 7 nitrogen and oxygen atoms in total. The van der Waals surface area contributed by atoms with Crippen LogP contribution in [0.1, 0.15) is 5.56 Å². The van der Waals surface area contributed by atoms with Crippen molar-refractivity contribution >= 4 is 34.4 Å². The highest BCUT2D eigenvalue weighted by Crippen LogP contribution is 2.33. The van der Waals surface area contributed by atoms with Crippen LogP contribution in [0.4, 0.5) is 0 Å². The second kappa shape index (κ2) is 6.64. The average molecular weight is 371 g/mol. The molecule has 9 heteroatoms. The van der Waals surface area contributed by atoms with Gasteiger partial charge in [0.25, 0.3) is 5.56 Å². The van der Waals surface area contributed by atoms with E-state index in [1.54, 1.807) is 12.1 Å². The van der Waals surface area contributed by atoms with Crippen molar-refractivity contribution < 1.29 is 9.47 Å². The average Bonchev–Trinajstić information content (AvgIpc) is 2.46. The van der Waals surface area contributed by atoms with E-state index in [2.05, 4.69) is 31.2 Å². The van der Waals surface area contributed by atoms with Crippen LogP contribution >= 0.6 is 28.1 Å². The molecule has 0 unspecified atom stereocenters. The molecule has 0 atom stereocenters. The molecule has 0 aliphatic rings. The highest BCUT2D eigenvalue weighted by atomic mass is 79.9. The smallest absolute Gasteiger partial charge is 0.293 e. The third-order valence-electron chi connectivity index (χ3n) is 2.52. The van der Waals surface area contributed by atoms with Gasteiger partial charge < -0.3 is 9.47 Å². The number of benzene rings is 1. The van der Waals surface area contributed by atoms with Gasteiger partial charge >= 0.3 is 0 Å². The van der Waals surface area contributed by atoms with E-state index in [1.165, 1.54) is 20.4 Å². The molecule has 2 aromatic rings. The normalized spacial score (nSPS) is 10.8. The van der Waals surface area contributed by atoms with Crippen molar-refractivity contribution in [2.75, 3.05) is 14.2 Å². The molecule has 0 fully saturated rings. The number of nitrogens with zero attached hydrogens (tertiary/aromatic N) is 3. The third kappa shape index (κ3) is 3.37. The van der Waals surface area contributed by atoms with Crippen molar-refractivity contribution in [1.82, 2.24) is 14.9 Å². The van der Waals surface area contributed by atoms with Crippen molar-refractivity contribution in [3.63, 3.8) is 0 Å². The molecule has 0 aliphatic carbocycles. The molecule has 0 amide bonds. The Hall–Kier alpha value is -2.00. The molecule has 2 rings (SSSR count). The van der Waals surface area contributed by atoms with Gasteiger partial charge in [-0.1, -0.05) is 15.9 Å². The zero-order chi connectivity index (χ0) is 15.4. The van der Waals surface area contributed by atoms with Gasteiger partial charge in [0.2, 0.25) is 4.77 Å². The maximum Gasteiger partial charge on any atom is 0.293 e. The third-order valence-corrected chi connectivity index (χ3v) is 3.24. The first-order valence-corrected chi connectivity index (χ1v) is 6.89. The molecular formula is C12H11BrN4O3S. The van der Waals surface area contributed by atoms with E-state index < -0.39 is 5.56 Å². The predicted octanol–water partition coefficient (Wildman–Crippen LogP) is 1.96. The van der Waals surface area contributed by atoms with Crippen molar-refractivity contribution in [1.29, 1.82) is 0 Å². The van der Waals surface area contributed by atoms with E-state index in [4.69, 9.17) is 21.7 Å². The Balaban J connectivity index is 2.53. The molecule has 1 aromatic carbocycles. The molecule has 0 aliphatic heterocycles. The van der Waals surface area contributed by atoms with Gasteiger partial charge in [-0.3, -0.25) is 9.89 Å². The zero-order valence-electron chi connectivity index (χ0n) is 11.2. The standard InChI is InChI=1S/C12H11BrN4O3S/c1-19-9-4-8(13)3-7(11(9)20-2)5-15-17-10(18)6-14-16-12(17)21/h3-6H,1-2H3,(H,16,21)/b15-5-. The predicted molar refractivity (Wildman–Crippen MR) is 83.9 cm³/mol. The second-order valence-electron chi connectivity index (χ2n) is 3.80. The summed E-state index contributed by atoms with van der Waals surface area (Å²) in [6.07, 6.45) is 2.54. The first kappa shape index (κ1) is 15.4. The summed E-state index contributed by atoms with van der Waals surface area (Å²) < 4.78 is 12.4. The van der Waals surface area contributed by atoms with E-state index in [-0.39, 0.29) is 4.77 Å². The topological polar surface area (TPSA) is 81.5 Å². The van der Waals surface area contributed by atoms with E-state index >= 15 is 0 Å². The quantitative estimate of drug-likeness (QED) is 0.657. The highest BCUT2D eigenvalue weighted by molar-refractivity contribution is 9.10. The number of hydrogen-bond acceptors (Lipinski definition) is 6. The SMILES string of the molecule is COc1cc(Br)cc(/C=N\n2c(=O)cn[nH]c2=S)c1OC. The van der Waals surface area contributed by atoms with Gasteiger partial charge in [0.1, 0.15) is 6.20 Å². The van der Waals surface area contributed by atoms with Gasteiger partial charge in [-0.05, 0) is 24.4 Å². The monoisotopic (exact) mass is 370 g/mol. The van der Waals surface area contributed by atoms with Crippen LogP contribution in [-0.2, 0) is 0 Å². The van der Waals surface area contributed by atoms with Gasteiger partial charge in [0.15, 0.2) is 11.5 Å². The largest absolute Gasteiger partial charge is 0.493 e. The number of H-pyrrole nitrogens is 1. The summed E-state index contributed by atoms with van der Waals surface area (Å²) in [5.74, 6) is 1.04. The molecule has 1 aromatic heterocycles. The van der Waals surface area contributed by atoms with Gasteiger partial charge in [-0.25, -0.2) is 0 Å². The lowest BCUT2D eigenvalue weighted by Gasteiger charge is -2.10. The summed E-state index contributed by atoms with van der Waals surface area (Å²) in [5, 5.41) is 10.1. The number of nitrogens with one attached hydrogen (secondary N) is 1. The minimum absolute atomic E-state index is 0.0969. The number of aromatic amines is 1. The van der Waals surface area contributed by atoms with Crippen LogP contribution < -0.4 is 15.0 Å². The van der Waals surface area contributed by atoms with Gasteiger partial charge in [-0.2, -0.15) is 14.9 Å². The van der Waals surface area contributed by atoms with Crippen LogP contribution in [-0.4, -0.2) is 35.3 Å². The summed E-state index contributed by atoms with van der Waals surface area (Å²) in [6, 6.07) is 3.55.